The number of hydrogen-bond acceptors (Lipinski definition) is 3. The first-order valence-electron chi connectivity index (χ1n) is 6.48. The molecule has 0 spiro atoms. The van der Waals surface area contributed by atoms with Gasteiger partial charge in [-0.15, -0.1) is 0 Å². The molecule has 0 radical (unpaired) electrons. The van der Waals surface area contributed by atoms with Gasteiger partial charge in [-0.05, 0) is 59.3 Å². The van der Waals surface area contributed by atoms with Gasteiger partial charge in [0.25, 0.3) is 0 Å². The van der Waals surface area contributed by atoms with Crippen LogP contribution in [-0.4, -0.2) is 14.2 Å². The van der Waals surface area contributed by atoms with Crippen LogP contribution in [0.4, 0.5) is 5.69 Å². The van der Waals surface area contributed by atoms with E-state index in [1.165, 1.54) is 0 Å². The second kappa shape index (κ2) is 7.05. The van der Waals surface area contributed by atoms with Crippen LogP contribution in [0.25, 0.3) is 0 Å². The van der Waals surface area contributed by atoms with E-state index in [1.54, 1.807) is 14.2 Å². The number of benzene rings is 2. The second-order valence-corrected chi connectivity index (χ2v) is 5.86. The van der Waals surface area contributed by atoms with Crippen LogP contribution in [0.3, 0.4) is 0 Å². The van der Waals surface area contributed by atoms with E-state index in [4.69, 9.17) is 21.1 Å². The summed E-state index contributed by atoms with van der Waals surface area (Å²) in [6.45, 7) is 2.06. The van der Waals surface area contributed by atoms with Crippen molar-refractivity contribution < 1.29 is 9.47 Å². The molecule has 1 N–H and O–H groups in total. The van der Waals surface area contributed by atoms with Crippen molar-refractivity contribution in [2.24, 2.45) is 0 Å². The summed E-state index contributed by atoms with van der Waals surface area (Å²) in [6.07, 6.45) is 0. The van der Waals surface area contributed by atoms with Crippen molar-refractivity contribution in [2.45, 2.75) is 13.0 Å². The maximum absolute atomic E-state index is 6.12. The smallest absolute Gasteiger partial charge is 0.124 e. The Hall–Kier alpha value is -1.39. The van der Waals surface area contributed by atoms with Gasteiger partial charge in [-0.3, -0.25) is 0 Å². The fraction of sp³-hybridized carbons (Fsp3) is 0.250. The first-order valence-corrected chi connectivity index (χ1v) is 7.65. The third-order valence-electron chi connectivity index (χ3n) is 3.21. The first-order chi connectivity index (χ1) is 10.0. The van der Waals surface area contributed by atoms with Crippen molar-refractivity contribution in [3.63, 3.8) is 0 Å². The molecule has 5 heteroatoms. The van der Waals surface area contributed by atoms with Crippen LogP contribution >= 0.6 is 27.5 Å². The van der Waals surface area contributed by atoms with Crippen molar-refractivity contribution in [2.75, 3.05) is 19.5 Å². The molecule has 1 atom stereocenters. The molecular weight excluding hydrogens is 354 g/mol. The van der Waals surface area contributed by atoms with Gasteiger partial charge in [-0.1, -0.05) is 11.6 Å². The molecule has 0 aliphatic rings. The van der Waals surface area contributed by atoms with Gasteiger partial charge in [-0.25, -0.2) is 0 Å². The zero-order valence-corrected chi connectivity index (χ0v) is 14.5. The molecule has 2 aromatic carbocycles. The van der Waals surface area contributed by atoms with E-state index in [1.807, 2.05) is 36.4 Å². The topological polar surface area (TPSA) is 30.5 Å². The number of hydrogen-bond donors (Lipinski definition) is 1. The normalized spacial score (nSPS) is 11.9. The summed E-state index contributed by atoms with van der Waals surface area (Å²) in [6, 6.07) is 11.6. The van der Waals surface area contributed by atoms with E-state index in [9.17, 15) is 0 Å². The quantitative estimate of drug-likeness (QED) is 0.775. The molecular formula is C16H17BrClNO2. The van der Waals surface area contributed by atoms with Crippen molar-refractivity contribution in [3.05, 3.63) is 51.5 Å². The number of anilines is 1. The van der Waals surface area contributed by atoms with E-state index in [2.05, 4.69) is 28.2 Å². The van der Waals surface area contributed by atoms with Gasteiger partial charge in [0.05, 0.1) is 25.3 Å². The van der Waals surface area contributed by atoms with E-state index in [0.29, 0.717) is 5.02 Å². The van der Waals surface area contributed by atoms with Crippen LogP contribution < -0.4 is 14.8 Å². The summed E-state index contributed by atoms with van der Waals surface area (Å²) in [5.74, 6) is 1.62. The Morgan fingerprint density at radius 2 is 1.86 bits per heavy atom. The molecule has 0 aliphatic carbocycles. The maximum atomic E-state index is 6.12. The Bertz CT molecular complexity index is 634. The summed E-state index contributed by atoms with van der Waals surface area (Å²) < 4.78 is 11.6. The van der Waals surface area contributed by atoms with Crippen LogP contribution in [0, 0.1) is 0 Å². The molecule has 112 valence electrons. The lowest BCUT2D eigenvalue weighted by Gasteiger charge is -2.19. The van der Waals surface area contributed by atoms with Crippen LogP contribution in [0.2, 0.25) is 5.02 Å². The highest BCUT2D eigenvalue weighted by Gasteiger charge is 2.13. The average Bonchev–Trinajstić information content (AvgIpc) is 2.50. The van der Waals surface area contributed by atoms with Crippen LogP contribution in [0.5, 0.6) is 11.5 Å². The van der Waals surface area contributed by atoms with Gasteiger partial charge < -0.3 is 14.8 Å². The number of rotatable bonds is 5. The minimum Gasteiger partial charge on any atom is -0.497 e. The van der Waals surface area contributed by atoms with Gasteiger partial charge in [0, 0.05) is 15.7 Å². The van der Waals surface area contributed by atoms with Gasteiger partial charge >= 0.3 is 0 Å². The highest BCUT2D eigenvalue weighted by Crippen LogP contribution is 2.32. The second-order valence-electron chi connectivity index (χ2n) is 4.60. The zero-order chi connectivity index (χ0) is 15.4. The summed E-state index contributed by atoms with van der Waals surface area (Å²) in [5, 5.41) is 4.08. The van der Waals surface area contributed by atoms with E-state index < -0.39 is 0 Å². The Kier molecular flexibility index (Phi) is 5.37. The summed E-state index contributed by atoms with van der Waals surface area (Å²) in [4.78, 5) is 0. The summed E-state index contributed by atoms with van der Waals surface area (Å²) in [7, 11) is 3.31. The van der Waals surface area contributed by atoms with Gasteiger partial charge in [-0.2, -0.15) is 0 Å². The molecule has 0 fully saturated rings. The average molecular weight is 371 g/mol. The SMILES string of the molecule is COc1ccc(OC)c(C(C)Nc2ccc(Br)c(Cl)c2)c1. The Labute approximate surface area is 138 Å². The molecule has 0 bridgehead atoms. The minimum absolute atomic E-state index is 0.0484. The van der Waals surface area contributed by atoms with Crippen LogP contribution in [0.15, 0.2) is 40.9 Å². The number of halogens is 2. The molecule has 0 aromatic heterocycles. The number of methoxy groups -OCH3 is 2. The predicted molar refractivity (Wildman–Crippen MR) is 90.7 cm³/mol. The first kappa shape index (κ1) is 16.0. The van der Waals surface area contributed by atoms with E-state index in [0.717, 1.165) is 27.2 Å². The summed E-state index contributed by atoms with van der Waals surface area (Å²) in [5.41, 5.74) is 1.97. The van der Waals surface area contributed by atoms with Crippen molar-refractivity contribution in [3.8, 4) is 11.5 Å². The minimum atomic E-state index is 0.0484. The predicted octanol–water partition coefficient (Wildman–Crippen LogP) is 5.29. The standard InChI is InChI=1S/C16H17BrClNO2/c1-10(19-11-4-6-14(17)15(18)8-11)13-9-12(20-2)5-7-16(13)21-3/h4-10,19H,1-3H3. The van der Waals surface area contributed by atoms with Crippen molar-refractivity contribution in [1.82, 2.24) is 0 Å². The zero-order valence-electron chi connectivity index (χ0n) is 12.1. The molecule has 21 heavy (non-hydrogen) atoms. The number of ether oxygens (including phenoxy) is 2. The monoisotopic (exact) mass is 369 g/mol. The summed E-state index contributed by atoms with van der Waals surface area (Å²) >= 11 is 9.50. The van der Waals surface area contributed by atoms with Crippen molar-refractivity contribution >= 4 is 33.2 Å². The molecule has 2 rings (SSSR count). The fourth-order valence-electron chi connectivity index (χ4n) is 2.09. The molecule has 2 aromatic rings. The lowest BCUT2D eigenvalue weighted by atomic mass is 10.1. The van der Waals surface area contributed by atoms with Crippen LogP contribution in [0.1, 0.15) is 18.5 Å². The molecule has 0 amide bonds. The molecule has 0 saturated carbocycles. The Morgan fingerprint density at radius 3 is 2.48 bits per heavy atom. The van der Waals surface area contributed by atoms with Gasteiger partial charge in [0.1, 0.15) is 11.5 Å². The third kappa shape index (κ3) is 3.83. The lowest BCUT2D eigenvalue weighted by Crippen LogP contribution is -2.08. The van der Waals surface area contributed by atoms with Gasteiger partial charge in [0.15, 0.2) is 0 Å². The highest BCUT2D eigenvalue weighted by molar-refractivity contribution is 9.10. The largest absolute Gasteiger partial charge is 0.497 e. The Morgan fingerprint density at radius 1 is 1.10 bits per heavy atom. The fourth-order valence-corrected chi connectivity index (χ4v) is 2.52. The van der Waals surface area contributed by atoms with Gasteiger partial charge in [0.2, 0.25) is 0 Å². The van der Waals surface area contributed by atoms with Crippen molar-refractivity contribution in [1.29, 1.82) is 0 Å². The van der Waals surface area contributed by atoms with E-state index >= 15 is 0 Å². The third-order valence-corrected chi connectivity index (χ3v) is 4.44. The Balaban J connectivity index is 2.26. The molecule has 0 aliphatic heterocycles. The molecule has 1 unspecified atom stereocenters. The molecule has 3 nitrogen and oxygen atoms in total. The highest BCUT2D eigenvalue weighted by atomic mass is 79.9. The lowest BCUT2D eigenvalue weighted by molar-refractivity contribution is 0.397. The van der Waals surface area contributed by atoms with E-state index in [-0.39, 0.29) is 6.04 Å². The number of nitrogens with one attached hydrogen (secondary N) is 1. The molecule has 0 saturated heterocycles. The van der Waals surface area contributed by atoms with Crippen LogP contribution in [-0.2, 0) is 0 Å². The maximum Gasteiger partial charge on any atom is 0.124 e. The molecule has 0 heterocycles.